The molecule has 88 valence electrons. The third-order valence-electron chi connectivity index (χ3n) is 2.39. The van der Waals surface area contributed by atoms with E-state index in [1.807, 2.05) is 24.3 Å². The van der Waals surface area contributed by atoms with E-state index in [-0.39, 0.29) is 5.82 Å². The molecule has 0 saturated heterocycles. The maximum atomic E-state index is 12.7. The Bertz CT molecular complexity index is 419. The lowest BCUT2D eigenvalue weighted by atomic mass is 10.2. The average molecular weight is 295 g/mol. The SMILES string of the molecule is Fc1ccc(CCOc2ccc(Br)cc2)cc1. The Labute approximate surface area is 108 Å². The highest BCUT2D eigenvalue weighted by Gasteiger charge is 1.96. The molecule has 0 N–H and O–H groups in total. The van der Waals surface area contributed by atoms with Crippen LogP contribution in [0.5, 0.6) is 5.75 Å². The number of benzene rings is 2. The first-order valence-electron chi connectivity index (χ1n) is 5.37. The summed E-state index contributed by atoms with van der Waals surface area (Å²) in [6, 6.07) is 14.2. The van der Waals surface area contributed by atoms with Crippen LogP contribution in [0.25, 0.3) is 0 Å². The van der Waals surface area contributed by atoms with Crippen molar-refractivity contribution in [1.29, 1.82) is 0 Å². The second-order valence-electron chi connectivity index (χ2n) is 3.68. The zero-order valence-corrected chi connectivity index (χ0v) is 10.8. The molecule has 0 heterocycles. The summed E-state index contributed by atoms with van der Waals surface area (Å²) in [5.41, 5.74) is 1.07. The van der Waals surface area contributed by atoms with Gasteiger partial charge in [-0.15, -0.1) is 0 Å². The number of ether oxygens (including phenoxy) is 1. The Balaban J connectivity index is 1.83. The second-order valence-corrected chi connectivity index (χ2v) is 4.59. The summed E-state index contributed by atoms with van der Waals surface area (Å²) in [5.74, 6) is 0.637. The summed E-state index contributed by atoms with van der Waals surface area (Å²) in [7, 11) is 0. The first-order valence-corrected chi connectivity index (χ1v) is 6.16. The molecule has 0 unspecified atom stereocenters. The van der Waals surface area contributed by atoms with Crippen LogP contribution in [0.3, 0.4) is 0 Å². The predicted molar refractivity (Wildman–Crippen MR) is 69.7 cm³/mol. The Morgan fingerprint density at radius 2 is 1.59 bits per heavy atom. The molecular weight excluding hydrogens is 283 g/mol. The molecule has 2 rings (SSSR count). The van der Waals surface area contributed by atoms with Crippen LogP contribution in [0.4, 0.5) is 4.39 Å². The molecule has 0 radical (unpaired) electrons. The van der Waals surface area contributed by atoms with Gasteiger partial charge in [-0.05, 0) is 42.0 Å². The van der Waals surface area contributed by atoms with Gasteiger partial charge in [0.2, 0.25) is 0 Å². The van der Waals surface area contributed by atoms with E-state index in [1.165, 1.54) is 12.1 Å². The van der Waals surface area contributed by atoms with Crippen molar-refractivity contribution in [1.82, 2.24) is 0 Å². The quantitative estimate of drug-likeness (QED) is 0.821. The summed E-state index contributed by atoms with van der Waals surface area (Å²) in [4.78, 5) is 0. The predicted octanol–water partition coefficient (Wildman–Crippen LogP) is 4.21. The van der Waals surface area contributed by atoms with E-state index in [2.05, 4.69) is 15.9 Å². The molecule has 3 heteroatoms. The monoisotopic (exact) mass is 294 g/mol. The zero-order chi connectivity index (χ0) is 12.1. The van der Waals surface area contributed by atoms with E-state index in [1.54, 1.807) is 12.1 Å². The fourth-order valence-electron chi connectivity index (χ4n) is 1.47. The molecular formula is C14H12BrFO. The molecule has 0 spiro atoms. The summed E-state index contributed by atoms with van der Waals surface area (Å²) in [6.45, 7) is 0.591. The Morgan fingerprint density at radius 3 is 2.24 bits per heavy atom. The van der Waals surface area contributed by atoms with Crippen LogP contribution in [0.1, 0.15) is 5.56 Å². The minimum atomic E-state index is -0.206. The molecule has 0 aliphatic carbocycles. The third kappa shape index (κ3) is 3.86. The first-order chi connectivity index (χ1) is 8.24. The van der Waals surface area contributed by atoms with Gasteiger partial charge >= 0.3 is 0 Å². The normalized spacial score (nSPS) is 10.2. The van der Waals surface area contributed by atoms with E-state index >= 15 is 0 Å². The maximum absolute atomic E-state index is 12.7. The molecule has 2 aromatic carbocycles. The molecule has 0 fully saturated rings. The Kier molecular flexibility index (Phi) is 4.15. The van der Waals surface area contributed by atoms with E-state index < -0.39 is 0 Å². The van der Waals surface area contributed by atoms with Gasteiger partial charge in [0.05, 0.1) is 6.61 Å². The summed E-state index contributed by atoms with van der Waals surface area (Å²) >= 11 is 3.37. The molecule has 0 bridgehead atoms. The topological polar surface area (TPSA) is 9.23 Å². The lowest BCUT2D eigenvalue weighted by Gasteiger charge is -2.06. The minimum absolute atomic E-state index is 0.206. The van der Waals surface area contributed by atoms with Gasteiger partial charge in [-0.25, -0.2) is 4.39 Å². The highest BCUT2D eigenvalue weighted by molar-refractivity contribution is 9.10. The largest absolute Gasteiger partial charge is 0.493 e. The van der Waals surface area contributed by atoms with Crippen LogP contribution >= 0.6 is 15.9 Å². The molecule has 0 saturated carbocycles. The molecule has 1 nitrogen and oxygen atoms in total. The van der Waals surface area contributed by atoms with Gasteiger partial charge in [-0.3, -0.25) is 0 Å². The number of hydrogen-bond acceptors (Lipinski definition) is 1. The van der Waals surface area contributed by atoms with Crippen molar-refractivity contribution in [2.45, 2.75) is 6.42 Å². The van der Waals surface area contributed by atoms with Crippen LogP contribution < -0.4 is 4.74 Å². The molecule has 0 aromatic heterocycles. The van der Waals surface area contributed by atoms with Gasteiger partial charge in [0.15, 0.2) is 0 Å². The van der Waals surface area contributed by atoms with Crippen molar-refractivity contribution in [3.8, 4) is 5.75 Å². The van der Waals surface area contributed by atoms with E-state index in [9.17, 15) is 4.39 Å². The highest BCUT2D eigenvalue weighted by atomic mass is 79.9. The van der Waals surface area contributed by atoms with Crippen LogP contribution in [-0.4, -0.2) is 6.61 Å². The van der Waals surface area contributed by atoms with Crippen molar-refractivity contribution in [2.75, 3.05) is 6.61 Å². The van der Waals surface area contributed by atoms with Gasteiger partial charge < -0.3 is 4.74 Å². The molecule has 2 aromatic rings. The lowest BCUT2D eigenvalue weighted by molar-refractivity contribution is 0.322. The maximum Gasteiger partial charge on any atom is 0.123 e. The Hall–Kier alpha value is -1.35. The van der Waals surface area contributed by atoms with Crippen LogP contribution in [-0.2, 0) is 6.42 Å². The molecule has 0 atom stereocenters. The standard InChI is InChI=1S/C14H12BrFO/c15-12-3-7-14(8-4-12)17-10-9-11-1-5-13(16)6-2-11/h1-8H,9-10H2. The summed E-state index contributed by atoms with van der Waals surface area (Å²) < 4.78 is 19.3. The molecule has 0 aliphatic heterocycles. The number of rotatable bonds is 4. The van der Waals surface area contributed by atoms with Gasteiger partial charge in [0.25, 0.3) is 0 Å². The zero-order valence-electron chi connectivity index (χ0n) is 9.20. The second kappa shape index (κ2) is 5.82. The highest BCUT2D eigenvalue weighted by Crippen LogP contribution is 2.16. The van der Waals surface area contributed by atoms with E-state index in [0.717, 1.165) is 22.2 Å². The molecule has 17 heavy (non-hydrogen) atoms. The van der Waals surface area contributed by atoms with Gasteiger partial charge in [0.1, 0.15) is 11.6 Å². The molecule has 0 aliphatic rings. The van der Waals surface area contributed by atoms with E-state index in [4.69, 9.17) is 4.74 Å². The smallest absolute Gasteiger partial charge is 0.123 e. The van der Waals surface area contributed by atoms with Gasteiger partial charge in [0, 0.05) is 10.9 Å². The first kappa shape index (κ1) is 12.1. The van der Waals surface area contributed by atoms with E-state index in [0.29, 0.717) is 6.61 Å². The van der Waals surface area contributed by atoms with Crippen molar-refractivity contribution in [3.05, 3.63) is 64.4 Å². The van der Waals surface area contributed by atoms with Gasteiger partial charge in [-0.1, -0.05) is 28.1 Å². The lowest BCUT2D eigenvalue weighted by Crippen LogP contribution is -2.01. The number of hydrogen-bond donors (Lipinski definition) is 0. The Morgan fingerprint density at radius 1 is 0.941 bits per heavy atom. The van der Waals surface area contributed by atoms with Crippen molar-refractivity contribution in [3.63, 3.8) is 0 Å². The third-order valence-corrected chi connectivity index (χ3v) is 2.92. The van der Waals surface area contributed by atoms with Crippen LogP contribution in [0.15, 0.2) is 53.0 Å². The fraction of sp³-hybridized carbons (Fsp3) is 0.143. The van der Waals surface area contributed by atoms with Crippen molar-refractivity contribution >= 4 is 15.9 Å². The fourth-order valence-corrected chi connectivity index (χ4v) is 1.73. The molecule has 0 amide bonds. The van der Waals surface area contributed by atoms with Crippen molar-refractivity contribution in [2.24, 2.45) is 0 Å². The van der Waals surface area contributed by atoms with Crippen molar-refractivity contribution < 1.29 is 9.13 Å². The summed E-state index contributed by atoms with van der Waals surface area (Å²) in [6.07, 6.45) is 0.774. The minimum Gasteiger partial charge on any atom is -0.493 e. The number of halogens is 2. The summed E-state index contributed by atoms with van der Waals surface area (Å²) in [5, 5.41) is 0. The average Bonchev–Trinajstić information content (AvgIpc) is 2.34. The van der Waals surface area contributed by atoms with Crippen LogP contribution in [0.2, 0.25) is 0 Å². The van der Waals surface area contributed by atoms with Crippen LogP contribution in [0, 0.1) is 5.82 Å². The van der Waals surface area contributed by atoms with Gasteiger partial charge in [-0.2, -0.15) is 0 Å².